The van der Waals surface area contributed by atoms with Crippen LogP contribution < -0.4 is 0 Å². The summed E-state index contributed by atoms with van der Waals surface area (Å²) >= 11 is 5.76. The molecule has 1 aromatic heterocycles. The van der Waals surface area contributed by atoms with E-state index < -0.39 is 0 Å². The molecular weight excluding hydrogens is 327 g/mol. The number of benzene rings is 1. The Hall–Kier alpha value is -0.0700. The molecule has 1 aromatic carbocycles. The largest absolute Gasteiger partial charge is 0.298 e. The Kier molecular flexibility index (Phi) is 3.14. The first-order chi connectivity index (χ1) is 6.77. The molecule has 0 aliphatic heterocycles. The lowest BCUT2D eigenvalue weighted by Gasteiger charge is -1.95. The van der Waals surface area contributed by atoms with Crippen molar-refractivity contribution in [2.24, 2.45) is 0 Å². The van der Waals surface area contributed by atoms with Crippen LogP contribution >= 0.6 is 45.7 Å². The molecule has 1 nitrogen and oxygen atoms in total. The fourth-order valence-electron chi connectivity index (χ4n) is 1.37. The minimum absolute atomic E-state index is 0.797. The van der Waals surface area contributed by atoms with Crippen LogP contribution in [0.5, 0.6) is 0 Å². The fourth-order valence-corrected chi connectivity index (χ4v) is 4.87. The Bertz CT molecular complexity index is 490. The van der Waals surface area contributed by atoms with Crippen LogP contribution in [0.2, 0.25) is 0 Å². The molecule has 0 atom stereocenters. The van der Waals surface area contributed by atoms with Crippen molar-refractivity contribution in [3.8, 4) is 0 Å². The third-order valence-corrected chi connectivity index (χ3v) is 5.56. The number of halogens is 1. The van der Waals surface area contributed by atoms with E-state index in [4.69, 9.17) is 0 Å². The van der Waals surface area contributed by atoms with Gasteiger partial charge in [0.05, 0.1) is 2.88 Å². The molecule has 0 spiro atoms. The molecule has 4 heteroatoms. The predicted molar refractivity (Wildman–Crippen MR) is 71.7 cm³/mol. The summed E-state index contributed by atoms with van der Waals surface area (Å²) < 4.78 is 2.37. The Morgan fingerprint density at radius 1 is 1.50 bits per heavy atom. The van der Waals surface area contributed by atoms with E-state index in [1.165, 1.54) is 13.2 Å². The molecular formula is C10H7IOS2. The standard InChI is InChI=1S/C10H7IOS2/c1-13-9-7-4-2-3-6(5-12)8(7)14-10(9)11/h2-5H,1H3. The third kappa shape index (κ3) is 1.59. The number of hydrogen-bond donors (Lipinski definition) is 0. The minimum Gasteiger partial charge on any atom is -0.298 e. The molecule has 0 aliphatic rings. The van der Waals surface area contributed by atoms with Crippen LogP contribution in [0.15, 0.2) is 23.1 Å². The van der Waals surface area contributed by atoms with Crippen molar-refractivity contribution in [1.82, 2.24) is 0 Å². The van der Waals surface area contributed by atoms with Gasteiger partial charge >= 0.3 is 0 Å². The zero-order valence-corrected chi connectivity index (χ0v) is 11.2. The molecule has 0 fully saturated rings. The van der Waals surface area contributed by atoms with Gasteiger partial charge in [-0.05, 0) is 28.8 Å². The van der Waals surface area contributed by atoms with E-state index >= 15 is 0 Å². The number of fused-ring (bicyclic) bond motifs is 1. The van der Waals surface area contributed by atoms with E-state index in [0.29, 0.717) is 0 Å². The number of thioether (sulfide) groups is 1. The molecule has 1 heterocycles. The second kappa shape index (κ2) is 4.20. The van der Waals surface area contributed by atoms with E-state index in [0.717, 1.165) is 16.5 Å². The van der Waals surface area contributed by atoms with Crippen LogP contribution in [0, 0.1) is 2.88 Å². The van der Waals surface area contributed by atoms with Crippen LogP contribution in [-0.2, 0) is 0 Å². The highest BCUT2D eigenvalue weighted by atomic mass is 127. The van der Waals surface area contributed by atoms with Crippen LogP contribution in [0.25, 0.3) is 10.1 Å². The summed E-state index contributed by atoms with van der Waals surface area (Å²) in [5.74, 6) is 0. The minimum atomic E-state index is 0.797. The number of hydrogen-bond acceptors (Lipinski definition) is 3. The maximum Gasteiger partial charge on any atom is 0.151 e. The van der Waals surface area contributed by atoms with E-state index in [1.54, 1.807) is 23.1 Å². The van der Waals surface area contributed by atoms with Gasteiger partial charge < -0.3 is 0 Å². The molecule has 14 heavy (non-hydrogen) atoms. The molecule has 0 amide bonds. The Balaban J connectivity index is 2.85. The lowest BCUT2D eigenvalue weighted by Crippen LogP contribution is -1.78. The van der Waals surface area contributed by atoms with Gasteiger partial charge in [-0.1, -0.05) is 18.2 Å². The average molecular weight is 334 g/mol. The number of aldehydes is 1. The first kappa shape index (κ1) is 10.4. The molecule has 0 aliphatic carbocycles. The van der Waals surface area contributed by atoms with Gasteiger partial charge in [-0.25, -0.2) is 0 Å². The summed E-state index contributed by atoms with van der Waals surface area (Å²) in [4.78, 5) is 12.1. The molecule has 0 saturated carbocycles. The SMILES string of the molecule is CSc1c(I)sc2c(C=O)cccc12. The molecule has 0 N–H and O–H groups in total. The highest BCUT2D eigenvalue weighted by Crippen LogP contribution is 2.39. The van der Waals surface area contributed by atoms with E-state index in [1.807, 2.05) is 12.1 Å². The Morgan fingerprint density at radius 3 is 2.93 bits per heavy atom. The average Bonchev–Trinajstić information content (AvgIpc) is 2.52. The second-order valence-electron chi connectivity index (χ2n) is 2.75. The summed E-state index contributed by atoms with van der Waals surface area (Å²) in [7, 11) is 0. The van der Waals surface area contributed by atoms with Gasteiger partial charge in [-0.15, -0.1) is 23.1 Å². The van der Waals surface area contributed by atoms with Gasteiger partial charge in [-0.3, -0.25) is 4.79 Å². The van der Waals surface area contributed by atoms with Crippen molar-refractivity contribution >= 4 is 62.1 Å². The van der Waals surface area contributed by atoms with Crippen LogP contribution in [-0.4, -0.2) is 12.5 Å². The lowest BCUT2D eigenvalue weighted by molar-refractivity contribution is 0.112. The van der Waals surface area contributed by atoms with Crippen LogP contribution in [0.3, 0.4) is 0 Å². The third-order valence-electron chi connectivity index (χ3n) is 1.99. The zero-order valence-electron chi connectivity index (χ0n) is 7.41. The highest BCUT2D eigenvalue weighted by molar-refractivity contribution is 14.1. The van der Waals surface area contributed by atoms with Gasteiger partial charge in [0, 0.05) is 20.5 Å². The van der Waals surface area contributed by atoms with Gasteiger partial charge in [0.15, 0.2) is 6.29 Å². The van der Waals surface area contributed by atoms with E-state index in [9.17, 15) is 4.79 Å². The number of carbonyl (C=O) groups is 1. The molecule has 2 rings (SSSR count). The summed E-state index contributed by atoms with van der Waals surface area (Å²) in [6, 6.07) is 5.88. The number of thiophene rings is 1. The highest BCUT2D eigenvalue weighted by Gasteiger charge is 2.11. The first-order valence-electron chi connectivity index (χ1n) is 3.98. The van der Waals surface area contributed by atoms with Crippen molar-refractivity contribution in [3.63, 3.8) is 0 Å². The lowest BCUT2D eigenvalue weighted by atomic mass is 10.2. The van der Waals surface area contributed by atoms with Gasteiger partial charge in [0.2, 0.25) is 0 Å². The van der Waals surface area contributed by atoms with Gasteiger partial charge in [-0.2, -0.15) is 0 Å². The summed E-state index contributed by atoms with van der Waals surface area (Å²) in [5, 5.41) is 1.21. The predicted octanol–water partition coefficient (Wildman–Crippen LogP) is 4.04. The molecule has 72 valence electrons. The van der Waals surface area contributed by atoms with Crippen molar-refractivity contribution in [2.75, 3.05) is 6.26 Å². The first-order valence-corrected chi connectivity index (χ1v) is 7.10. The molecule has 2 aromatic rings. The normalized spacial score (nSPS) is 10.7. The van der Waals surface area contributed by atoms with Crippen LogP contribution in [0.4, 0.5) is 0 Å². The Morgan fingerprint density at radius 2 is 2.29 bits per heavy atom. The second-order valence-corrected chi connectivity index (χ2v) is 6.40. The van der Waals surface area contributed by atoms with Crippen molar-refractivity contribution < 1.29 is 4.79 Å². The molecule has 0 saturated heterocycles. The maximum absolute atomic E-state index is 10.8. The van der Waals surface area contributed by atoms with Gasteiger partial charge in [0.25, 0.3) is 0 Å². The number of rotatable bonds is 2. The molecule has 0 bridgehead atoms. The van der Waals surface area contributed by atoms with E-state index in [-0.39, 0.29) is 0 Å². The van der Waals surface area contributed by atoms with Crippen LogP contribution in [0.1, 0.15) is 10.4 Å². The summed E-state index contributed by atoms with van der Waals surface area (Å²) in [5.41, 5.74) is 0.797. The summed E-state index contributed by atoms with van der Waals surface area (Å²) in [6.45, 7) is 0. The maximum atomic E-state index is 10.8. The number of carbonyl (C=O) groups excluding carboxylic acids is 1. The topological polar surface area (TPSA) is 17.1 Å². The van der Waals surface area contributed by atoms with Crippen molar-refractivity contribution in [3.05, 3.63) is 26.6 Å². The monoisotopic (exact) mass is 334 g/mol. The Labute approximate surface area is 104 Å². The molecule has 0 radical (unpaired) electrons. The van der Waals surface area contributed by atoms with Crippen molar-refractivity contribution in [1.29, 1.82) is 0 Å². The molecule has 0 unspecified atom stereocenters. The fraction of sp³-hybridized carbons (Fsp3) is 0.100. The zero-order chi connectivity index (χ0) is 10.1. The summed E-state index contributed by atoms with van der Waals surface area (Å²) in [6.07, 6.45) is 3.00. The van der Waals surface area contributed by atoms with Gasteiger partial charge in [0.1, 0.15) is 0 Å². The quantitative estimate of drug-likeness (QED) is 0.468. The van der Waals surface area contributed by atoms with Crippen molar-refractivity contribution in [2.45, 2.75) is 4.90 Å². The smallest absolute Gasteiger partial charge is 0.151 e. The van der Waals surface area contributed by atoms with E-state index in [2.05, 4.69) is 34.9 Å².